The van der Waals surface area contributed by atoms with Gasteiger partial charge in [-0.1, -0.05) is 39.0 Å². The molecular formula is C16H25BrOS. The summed E-state index contributed by atoms with van der Waals surface area (Å²) in [5.41, 5.74) is 0. The van der Waals surface area contributed by atoms with Gasteiger partial charge < -0.3 is 5.11 Å². The minimum atomic E-state index is -0.141. The molecule has 1 fully saturated rings. The van der Waals surface area contributed by atoms with Gasteiger partial charge in [-0.05, 0) is 46.7 Å². The van der Waals surface area contributed by atoms with E-state index >= 15 is 0 Å². The van der Waals surface area contributed by atoms with Crippen LogP contribution in [0.25, 0.3) is 0 Å². The van der Waals surface area contributed by atoms with Crippen LogP contribution in [0.2, 0.25) is 0 Å². The number of thiophene rings is 1. The fraction of sp³-hybridized carbons (Fsp3) is 0.750. The highest BCUT2D eigenvalue weighted by atomic mass is 79.9. The Morgan fingerprint density at radius 1 is 1.37 bits per heavy atom. The van der Waals surface area contributed by atoms with Gasteiger partial charge in [-0.3, -0.25) is 0 Å². The third-order valence-electron chi connectivity index (χ3n) is 4.43. The van der Waals surface area contributed by atoms with Crippen LogP contribution in [0.5, 0.6) is 0 Å². The summed E-state index contributed by atoms with van der Waals surface area (Å²) in [5, 5.41) is 12.5. The van der Waals surface area contributed by atoms with Crippen molar-refractivity contribution in [1.29, 1.82) is 0 Å². The summed E-state index contributed by atoms with van der Waals surface area (Å²) >= 11 is 5.23. The molecule has 19 heavy (non-hydrogen) atoms. The van der Waals surface area contributed by atoms with Crippen LogP contribution in [0.15, 0.2) is 15.9 Å². The van der Waals surface area contributed by atoms with Gasteiger partial charge in [-0.2, -0.15) is 0 Å². The van der Waals surface area contributed by atoms with Crippen LogP contribution in [0.1, 0.15) is 56.7 Å². The van der Waals surface area contributed by atoms with Gasteiger partial charge in [0.05, 0.1) is 6.10 Å². The number of halogens is 1. The highest BCUT2D eigenvalue weighted by Gasteiger charge is 2.26. The molecule has 0 bridgehead atoms. The first-order chi connectivity index (χ1) is 9.19. The fourth-order valence-corrected chi connectivity index (χ4v) is 4.69. The molecule has 0 radical (unpaired) electrons. The Balaban J connectivity index is 1.74. The van der Waals surface area contributed by atoms with Gasteiger partial charge in [0.1, 0.15) is 0 Å². The molecule has 1 unspecified atom stereocenters. The van der Waals surface area contributed by atoms with Crippen molar-refractivity contribution in [2.24, 2.45) is 11.8 Å². The Morgan fingerprint density at radius 2 is 2.11 bits per heavy atom. The molecule has 1 aliphatic carbocycles. The molecule has 0 saturated heterocycles. The van der Waals surface area contributed by atoms with Crippen LogP contribution in [0, 0.1) is 11.8 Å². The van der Waals surface area contributed by atoms with E-state index in [4.69, 9.17) is 0 Å². The predicted octanol–water partition coefficient (Wildman–Crippen LogP) is 5.41. The molecule has 108 valence electrons. The van der Waals surface area contributed by atoms with Crippen molar-refractivity contribution in [3.63, 3.8) is 0 Å². The van der Waals surface area contributed by atoms with E-state index in [1.54, 1.807) is 11.3 Å². The van der Waals surface area contributed by atoms with Gasteiger partial charge in [0.25, 0.3) is 0 Å². The average Bonchev–Trinajstić information content (AvgIpc) is 2.82. The van der Waals surface area contributed by atoms with Gasteiger partial charge in [-0.25, -0.2) is 0 Å². The number of hydrogen-bond donors (Lipinski definition) is 1. The van der Waals surface area contributed by atoms with Crippen molar-refractivity contribution < 1.29 is 5.11 Å². The first-order valence-corrected chi connectivity index (χ1v) is 9.27. The number of aliphatic hydroxyl groups excluding tert-OH is 1. The molecule has 1 heterocycles. The van der Waals surface area contributed by atoms with Crippen LogP contribution in [0.3, 0.4) is 0 Å². The Hall–Kier alpha value is 0.140. The molecule has 1 N–H and O–H groups in total. The molecule has 1 nitrogen and oxygen atoms in total. The van der Waals surface area contributed by atoms with E-state index < -0.39 is 0 Å². The molecule has 0 aromatic carbocycles. The Bertz CT molecular complexity index is 369. The maximum absolute atomic E-state index is 10.4. The minimum absolute atomic E-state index is 0.141. The van der Waals surface area contributed by atoms with Crippen molar-refractivity contribution in [3.8, 4) is 0 Å². The maximum atomic E-state index is 10.4. The molecule has 0 aliphatic heterocycles. The maximum Gasteiger partial charge on any atom is 0.0616 e. The lowest BCUT2D eigenvalue weighted by Crippen LogP contribution is -2.27. The Morgan fingerprint density at radius 3 is 2.68 bits per heavy atom. The number of hydrogen-bond acceptors (Lipinski definition) is 2. The molecular weight excluding hydrogens is 320 g/mol. The Kier molecular flexibility index (Phi) is 6.37. The smallest absolute Gasteiger partial charge is 0.0616 e. The lowest BCUT2D eigenvalue weighted by Gasteiger charge is -2.31. The highest BCUT2D eigenvalue weighted by molar-refractivity contribution is 9.10. The molecule has 3 heteroatoms. The average molecular weight is 345 g/mol. The zero-order valence-electron chi connectivity index (χ0n) is 11.8. The monoisotopic (exact) mass is 344 g/mol. The SMILES string of the molecule is CCCCC1CCC(C(O)Cc2cc(Br)cs2)CC1. The lowest BCUT2D eigenvalue weighted by atomic mass is 9.77. The molecule has 0 spiro atoms. The zero-order chi connectivity index (χ0) is 13.7. The lowest BCUT2D eigenvalue weighted by molar-refractivity contribution is 0.0732. The van der Waals surface area contributed by atoms with Crippen molar-refractivity contribution in [3.05, 3.63) is 20.8 Å². The zero-order valence-corrected chi connectivity index (χ0v) is 14.2. The van der Waals surface area contributed by atoms with E-state index in [1.807, 2.05) is 0 Å². The van der Waals surface area contributed by atoms with Crippen LogP contribution in [0.4, 0.5) is 0 Å². The molecule has 1 aliphatic rings. The van der Waals surface area contributed by atoms with Crippen LogP contribution in [-0.4, -0.2) is 11.2 Å². The standard InChI is InChI=1S/C16H25BrOS/c1-2-3-4-12-5-7-13(8-6-12)16(18)10-15-9-14(17)11-19-15/h9,11-13,16,18H,2-8,10H2,1H3. The fourth-order valence-electron chi connectivity index (χ4n) is 3.19. The van der Waals surface area contributed by atoms with Crippen molar-refractivity contribution in [2.75, 3.05) is 0 Å². The van der Waals surface area contributed by atoms with Crippen molar-refractivity contribution >= 4 is 27.3 Å². The molecule has 0 amide bonds. The molecule has 1 aromatic rings. The first-order valence-electron chi connectivity index (χ1n) is 7.60. The summed E-state index contributed by atoms with van der Waals surface area (Å²) < 4.78 is 1.14. The minimum Gasteiger partial charge on any atom is -0.392 e. The third-order valence-corrected chi connectivity index (χ3v) is 6.15. The van der Waals surface area contributed by atoms with E-state index in [-0.39, 0.29) is 6.10 Å². The molecule has 2 rings (SSSR count). The van der Waals surface area contributed by atoms with Crippen molar-refractivity contribution in [2.45, 2.75) is 64.4 Å². The van der Waals surface area contributed by atoms with E-state index in [0.717, 1.165) is 16.8 Å². The van der Waals surface area contributed by atoms with E-state index in [1.165, 1.54) is 49.8 Å². The topological polar surface area (TPSA) is 20.2 Å². The summed E-state index contributed by atoms with van der Waals surface area (Å²) in [6, 6.07) is 2.14. The second kappa shape index (κ2) is 7.80. The van der Waals surface area contributed by atoms with Crippen LogP contribution < -0.4 is 0 Å². The summed E-state index contributed by atoms with van der Waals surface area (Å²) in [6.45, 7) is 2.27. The van der Waals surface area contributed by atoms with Gasteiger partial charge >= 0.3 is 0 Å². The van der Waals surface area contributed by atoms with Gasteiger partial charge in [-0.15, -0.1) is 11.3 Å². The predicted molar refractivity (Wildman–Crippen MR) is 86.7 cm³/mol. The normalized spacial score (nSPS) is 25.4. The molecule has 1 atom stereocenters. The molecule has 1 aromatic heterocycles. The summed E-state index contributed by atoms with van der Waals surface area (Å²) in [4.78, 5) is 1.30. The number of unbranched alkanes of at least 4 members (excludes halogenated alkanes) is 1. The second-order valence-electron chi connectivity index (χ2n) is 5.93. The summed E-state index contributed by atoms with van der Waals surface area (Å²) in [6.07, 6.45) is 9.89. The largest absolute Gasteiger partial charge is 0.392 e. The summed E-state index contributed by atoms with van der Waals surface area (Å²) in [7, 11) is 0. The second-order valence-corrected chi connectivity index (χ2v) is 7.84. The van der Waals surface area contributed by atoms with Crippen molar-refractivity contribution in [1.82, 2.24) is 0 Å². The van der Waals surface area contributed by atoms with E-state index in [0.29, 0.717) is 5.92 Å². The van der Waals surface area contributed by atoms with E-state index in [9.17, 15) is 5.11 Å². The Labute approximate surface area is 129 Å². The first kappa shape index (κ1) is 15.5. The quantitative estimate of drug-likeness (QED) is 0.731. The third kappa shape index (κ3) is 4.87. The van der Waals surface area contributed by atoms with Gasteiger partial charge in [0.2, 0.25) is 0 Å². The van der Waals surface area contributed by atoms with Crippen LogP contribution in [-0.2, 0) is 6.42 Å². The number of rotatable bonds is 6. The molecule has 1 saturated carbocycles. The van der Waals surface area contributed by atoms with Crippen LogP contribution >= 0.6 is 27.3 Å². The van der Waals surface area contributed by atoms with E-state index in [2.05, 4.69) is 34.3 Å². The highest BCUT2D eigenvalue weighted by Crippen LogP contribution is 2.35. The summed E-state index contributed by atoms with van der Waals surface area (Å²) in [5.74, 6) is 1.46. The number of aliphatic hydroxyl groups is 1. The van der Waals surface area contributed by atoms with Gasteiger partial charge in [0, 0.05) is 21.2 Å². The van der Waals surface area contributed by atoms with Gasteiger partial charge in [0.15, 0.2) is 0 Å².